The number of nitrogens with zero attached hydrogens (tertiary/aromatic N) is 1. The Balaban J connectivity index is 1.66. The molecular formula is C50H83NO4. The second-order valence-electron chi connectivity index (χ2n) is 15.9. The van der Waals surface area contributed by atoms with Gasteiger partial charge in [-0.1, -0.05) is 170 Å². The molecule has 1 aromatic carbocycles. The van der Waals surface area contributed by atoms with Crippen molar-refractivity contribution in [3.63, 3.8) is 0 Å². The summed E-state index contributed by atoms with van der Waals surface area (Å²) in [7, 11) is 1.81. The molecule has 0 spiro atoms. The van der Waals surface area contributed by atoms with Gasteiger partial charge in [0.2, 0.25) is 0 Å². The van der Waals surface area contributed by atoms with E-state index in [1.54, 1.807) is 4.90 Å². The molecule has 0 N–H and O–H groups in total. The van der Waals surface area contributed by atoms with Gasteiger partial charge in [0.15, 0.2) is 5.79 Å². The van der Waals surface area contributed by atoms with E-state index < -0.39 is 5.79 Å². The Morgan fingerprint density at radius 1 is 0.655 bits per heavy atom. The summed E-state index contributed by atoms with van der Waals surface area (Å²) >= 11 is 0. The molecule has 0 bridgehead atoms. The van der Waals surface area contributed by atoms with Gasteiger partial charge < -0.3 is 19.1 Å². The summed E-state index contributed by atoms with van der Waals surface area (Å²) in [5, 5.41) is 0. The molecule has 312 valence electrons. The number of allylic oxidation sites excluding steroid dienone is 8. The second kappa shape index (κ2) is 34.6. The first-order valence-corrected chi connectivity index (χ1v) is 22.9. The van der Waals surface area contributed by atoms with Gasteiger partial charge in [-0.25, -0.2) is 4.79 Å². The summed E-state index contributed by atoms with van der Waals surface area (Å²) in [5.74, 6) is -0.471. The van der Waals surface area contributed by atoms with E-state index in [0.717, 1.165) is 50.5 Å². The molecule has 1 unspecified atom stereocenters. The molecule has 1 saturated heterocycles. The molecule has 55 heavy (non-hydrogen) atoms. The number of carbonyl (C=O) groups excluding carboxylic acids is 1. The Labute approximate surface area is 339 Å². The van der Waals surface area contributed by atoms with Crippen molar-refractivity contribution >= 4 is 6.09 Å². The van der Waals surface area contributed by atoms with Crippen LogP contribution in [0.3, 0.4) is 0 Å². The van der Waals surface area contributed by atoms with Crippen LogP contribution in [0, 0.1) is 0 Å². The third kappa shape index (κ3) is 26.8. The van der Waals surface area contributed by atoms with Gasteiger partial charge in [0.25, 0.3) is 0 Å². The molecule has 2 rings (SSSR count). The Bertz CT molecular complexity index is 1090. The summed E-state index contributed by atoms with van der Waals surface area (Å²) < 4.78 is 18.8. The maximum absolute atomic E-state index is 12.6. The van der Waals surface area contributed by atoms with E-state index in [0.29, 0.717) is 19.8 Å². The summed E-state index contributed by atoms with van der Waals surface area (Å²) in [6, 6.07) is 9.84. The van der Waals surface area contributed by atoms with Crippen molar-refractivity contribution in [3.05, 3.63) is 84.5 Å². The second-order valence-corrected chi connectivity index (χ2v) is 15.9. The molecule has 1 aliphatic rings. The molecule has 1 atom stereocenters. The molecular weight excluding hydrogens is 679 g/mol. The molecule has 1 fully saturated rings. The summed E-state index contributed by atoms with van der Waals surface area (Å²) in [6.07, 6.45) is 51.2. The molecule has 1 heterocycles. The van der Waals surface area contributed by atoms with Crippen LogP contribution in [0.4, 0.5) is 4.79 Å². The van der Waals surface area contributed by atoms with Crippen LogP contribution in [0.5, 0.6) is 0 Å². The van der Waals surface area contributed by atoms with Gasteiger partial charge in [-0.05, 0) is 89.0 Å². The Hall–Kier alpha value is -2.63. The molecule has 0 aromatic heterocycles. The molecule has 0 aliphatic carbocycles. The van der Waals surface area contributed by atoms with Crippen LogP contribution in [0.1, 0.15) is 193 Å². The van der Waals surface area contributed by atoms with Crippen molar-refractivity contribution in [1.29, 1.82) is 0 Å². The molecule has 1 aromatic rings. The van der Waals surface area contributed by atoms with E-state index in [4.69, 9.17) is 14.2 Å². The molecule has 5 nitrogen and oxygen atoms in total. The highest BCUT2D eigenvalue weighted by atomic mass is 16.7. The van der Waals surface area contributed by atoms with E-state index in [9.17, 15) is 4.79 Å². The van der Waals surface area contributed by atoms with Gasteiger partial charge in [0, 0.05) is 26.4 Å². The van der Waals surface area contributed by atoms with Crippen molar-refractivity contribution < 1.29 is 19.0 Å². The third-order valence-electron chi connectivity index (χ3n) is 10.7. The number of ether oxygens (including phenoxy) is 3. The number of unbranched alkanes of at least 4 members (excludes halogenated alkanes) is 18. The lowest BCUT2D eigenvalue weighted by molar-refractivity contribution is -0.180. The SMILES string of the molecule is CCCCC/C=C\C/C=C\CCCCCCCCC1(CCCCCCCC/C=C\C/C=C\CCCCC)OCC(CCN(C)C(=O)OCc2ccccc2)O1. The monoisotopic (exact) mass is 762 g/mol. The minimum absolute atomic E-state index is 0.0126. The predicted molar refractivity (Wildman–Crippen MR) is 235 cm³/mol. The zero-order valence-corrected chi connectivity index (χ0v) is 35.9. The number of hydrogen-bond acceptors (Lipinski definition) is 4. The minimum atomic E-state index is -0.471. The molecule has 1 amide bonds. The largest absolute Gasteiger partial charge is 0.445 e. The number of hydrogen-bond donors (Lipinski definition) is 0. The summed E-state index contributed by atoms with van der Waals surface area (Å²) in [5.41, 5.74) is 0.995. The van der Waals surface area contributed by atoms with Crippen molar-refractivity contribution in [2.75, 3.05) is 20.2 Å². The highest BCUT2D eigenvalue weighted by Gasteiger charge is 2.40. The van der Waals surface area contributed by atoms with Crippen molar-refractivity contribution in [3.8, 4) is 0 Å². The number of rotatable bonds is 35. The van der Waals surface area contributed by atoms with Crippen molar-refractivity contribution in [2.24, 2.45) is 0 Å². The van der Waals surface area contributed by atoms with E-state index >= 15 is 0 Å². The van der Waals surface area contributed by atoms with Gasteiger partial charge >= 0.3 is 6.09 Å². The molecule has 0 saturated carbocycles. The summed E-state index contributed by atoms with van der Waals surface area (Å²) in [6.45, 7) is 6.01. The first-order valence-electron chi connectivity index (χ1n) is 22.9. The normalized spacial score (nSPS) is 15.7. The average Bonchev–Trinajstić information content (AvgIpc) is 3.61. The fourth-order valence-electron chi connectivity index (χ4n) is 7.17. The van der Waals surface area contributed by atoms with Crippen LogP contribution in [0.15, 0.2) is 78.9 Å². The van der Waals surface area contributed by atoms with Gasteiger partial charge in [-0.15, -0.1) is 0 Å². The van der Waals surface area contributed by atoms with E-state index in [-0.39, 0.29) is 12.2 Å². The lowest BCUT2D eigenvalue weighted by Gasteiger charge is -2.29. The predicted octanol–water partition coefficient (Wildman–Crippen LogP) is 15.2. The Kier molecular flexibility index (Phi) is 30.5. The highest BCUT2D eigenvalue weighted by molar-refractivity contribution is 5.67. The minimum Gasteiger partial charge on any atom is -0.445 e. The number of amides is 1. The first-order chi connectivity index (χ1) is 27.1. The standard InChI is InChI=1S/C50H83NO4/c1-4-6-8-10-12-14-16-18-20-22-24-26-28-30-32-37-42-50(43-38-33-31-29-27-25-23-21-19-17-15-13-11-9-7-5-2)54-46-48(55-50)41-44-51(3)49(52)53-45-47-39-35-34-36-40-47/h12-15,18-21,34-36,39-40,48H,4-11,16-17,22-33,37-38,41-46H2,1-3H3/b14-12-,15-13-,20-18-,21-19-. The Morgan fingerprint density at radius 2 is 1.11 bits per heavy atom. The van der Waals surface area contributed by atoms with Crippen LogP contribution in [-0.4, -0.2) is 43.1 Å². The van der Waals surface area contributed by atoms with Crippen LogP contribution < -0.4 is 0 Å². The lowest BCUT2D eigenvalue weighted by Crippen LogP contribution is -2.33. The maximum Gasteiger partial charge on any atom is 0.409 e. The van der Waals surface area contributed by atoms with Crippen molar-refractivity contribution in [1.82, 2.24) is 4.90 Å². The smallest absolute Gasteiger partial charge is 0.409 e. The van der Waals surface area contributed by atoms with Crippen LogP contribution in [0.25, 0.3) is 0 Å². The van der Waals surface area contributed by atoms with Crippen LogP contribution >= 0.6 is 0 Å². The number of benzene rings is 1. The lowest BCUT2D eigenvalue weighted by atomic mass is 9.98. The first kappa shape index (κ1) is 48.5. The van der Waals surface area contributed by atoms with Crippen LogP contribution in [0.2, 0.25) is 0 Å². The van der Waals surface area contributed by atoms with Crippen molar-refractivity contribution in [2.45, 2.75) is 206 Å². The average molecular weight is 762 g/mol. The molecule has 0 radical (unpaired) electrons. The molecule has 1 aliphatic heterocycles. The van der Waals surface area contributed by atoms with Gasteiger partial charge in [0.05, 0.1) is 12.7 Å². The topological polar surface area (TPSA) is 48.0 Å². The fourth-order valence-corrected chi connectivity index (χ4v) is 7.17. The van der Waals surface area contributed by atoms with Gasteiger partial charge in [0.1, 0.15) is 6.61 Å². The molecule has 5 heteroatoms. The van der Waals surface area contributed by atoms with Gasteiger partial charge in [-0.3, -0.25) is 0 Å². The summed E-state index contributed by atoms with van der Waals surface area (Å²) in [4.78, 5) is 14.3. The fraction of sp³-hybridized carbons (Fsp3) is 0.700. The van der Waals surface area contributed by atoms with Crippen LogP contribution in [-0.2, 0) is 20.8 Å². The van der Waals surface area contributed by atoms with E-state index in [1.807, 2.05) is 37.4 Å². The van der Waals surface area contributed by atoms with Gasteiger partial charge in [-0.2, -0.15) is 0 Å². The number of carbonyl (C=O) groups is 1. The third-order valence-corrected chi connectivity index (χ3v) is 10.7. The maximum atomic E-state index is 12.6. The van der Waals surface area contributed by atoms with E-state index in [2.05, 4.69) is 62.5 Å². The zero-order valence-electron chi connectivity index (χ0n) is 35.9. The van der Waals surface area contributed by atoms with E-state index in [1.165, 1.54) is 128 Å². The Morgan fingerprint density at radius 3 is 1.60 bits per heavy atom. The quantitative estimate of drug-likeness (QED) is 0.0510. The zero-order chi connectivity index (χ0) is 39.3. The highest BCUT2D eigenvalue weighted by Crippen LogP contribution is 2.35.